The van der Waals surface area contributed by atoms with Gasteiger partial charge in [0, 0.05) is 18.5 Å². The van der Waals surface area contributed by atoms with Crippen molar-refractivity contribution in [3.8, 4) is 0 Å². The molecular formula is C15H20FIN4O2S2. The number of nitrogens with one attached hydrogen (secondary N) is 2. The molecule has 0 spiro atoms. The zero-order valence-corrected chi connectivity index (χ0v) is 17.7. The number of nitrogens with zero attached hydrogens (tertiary/aromatic N) is 1. The summed E-state index contributed by atoms with van der Waals surface area (Å²) in [6.07, 6.45) is 0. The van der Waals surface area contributed by atoms with Crippen LogP contribution in [0.15, 0.2) is 39.5 Å². The Hall–Kier alpha value is -1.24. The molecule has 0 radical (unpaired) electrons. The van der Waals surface area contributed by atoms with Gasteiger partial charge >= 0.3 is 0 Å². The van der Waals surface area contributed by atoms with Crippen LogP contribution >= 0.6 is 35.3 Å². The van der Waals surface area contributed by atoms with Crippen LogP contribution in [0, 0.1) is 12.7 Å². The van der Waals surface area contributed by atoms with Crippen molar-refractivity contribution >= 4 is 51.3 Å². The van der Waals surface area contributed by atoms with Crippen LogP contribution in [0.4, 0.5) is 4.39 Å². The van der Waals surface area contributed by atoms with E-state index in [4.69, 9.17) is 5.14 Å². The quantitative estimate of drug-likeness (QED) is 0.335. The zero-order valence-electron chi connectivity index (χ0n) is 13.7. The second-order valence-corrected chi connectivity index (χ2v) is 8.09. The van der Waals surface area contributed by atoms with Crippen LogP contribution in [0.25, 0.3) is 0 Å². The topological polar surface area (TPSA) is 96.6 Å². The van der Waals surface area contributed by atoms with Gasteiger partial charge in [0.25, 0.3) is 0 Å². The van der Waals surface area contributed by atoms with Gasteiger partial charge in [0.1, 0.15) is 10.0 Å². The Morgan fingerprint density at radius 2 is 1.92 bits per heavy atom. The Labute approximate surface area is 167 Å². The van der Waals surface area contributed by atoms with Gasteiger partial charge in [-0.25, -0.2) is 17.9 Å². The van der Waals surface area contributed by atoms with Gasteiger partial charge in [-0.3, -0.25) is 4.99 Å². The van der Waals surface area contributed by atoms with E-state index >= 15 is 0 Å². The summed E-state index contributed by atoms with van der Waals surface area (Å²) >= 11 is 1.11. The predicted octanol–water partition coefficient (Wildman–Crippen LogP) is 2.33. The summed E-state index contributed by atoms with van der Waals surface area (Å²) < 4.78 is 35.9. The van der Waals surface area contributed by atoms with Crippen molar-refractivity contribution in [2.24, 2.45) is 10.1 Å². The van der Waals surface area contributed by atoms with Crippen molar-refractivity contribution in [1.82, 2.24) is 10.6 Å². The minimum absolute atomic E-state index is 0. The minimum atomic E-state index is -3.67. The van der Waals surface area contributed by atoms with E-state index in [0.29, 0.717) is 24.6 Å². The number of hydrogen-bond donors (Lipinski definition) is 3. The van der Waals surface area contributed by atoms with Crippen LogP contribution in [0.2, 0.25) is 0 Å². The highest BCUT2D eigenvalue weighted by molar-refractivity contribution is 14.0. The van der Waals surface area contributed by atoms with E-state index in [0.717, 1.165) is 21.8 Å². The molecule has 2 aromatic rings. The number of rotatable bonds is 5. The molecule has 0 saturated carbocycles. The molecule has 0 saturated heterocycles. The molecule has 1 aromatic heterocycles. The molecular weight excluding hydrogens is 478 g/mol. The largest absolute Gasteiger partial charge is 0.352 e. The number of thiophene rings is 1. The summed E-state index contributed by atoms with van der Waals surface area (Å²) in [6, 6.07) is 8.10. The maximum atomic E-state index is 13.3. The van der Waals surface area contributed by atoms with Gasteiger partial charge in [-0.15, -0.1) is 35.3 Å². The first-order valence-electron chi connectivity index (χ1n) is 7.10. The third kappa shape index (κ3) is 6.53. The molecule has 0 aliphatic carbocycles. The summed E-state index contributed by atoms with van der Waals surface area (Å²) in [5.41, 5.74) is 1.52. The fraction of sp³-hybridized carbons (Fsp3) is 0.267. The van der Waals surface area contributed by atoms with Gasteiger partial charge < -0.3 is 10.6 Å². The smallest absolute Gasteiger partial charge is 0.247 e. The number of nitrogens with two attached hydrogens (primary N) is 1. The summed E-state index contributed by atoms with van der Waals surface area (Å²) in [4.78, 5) is 4.91. The van der Waals surface area contributed by atoms with Crippen molar-refractivity contribution in [2.45, 2.75) is 24.2 Å². The monoisotopic (exact) mass is 498 g/mol. The number of aryl methyl sites for hydroxylation is 1. The van der Waals surface area contributed by atoms with E-state index in [1.807, 2.05) is 0 Å². The Morgan fingerprint density at radius 1 is 1.24 bits per heavy atom. The number of hydrogen-bond acceptors (Lipinski definition) is 4. The summed E-state index contributed by atoms with van der Waals surface area (Å²) in [7, 11) is -2.03. The van der Waals surface area contributed by atoms with Crippen LogP contribution in [0.1, 0.15) is 16.0 Å². The number of sulfonamides is 1. The Balaban J connectivity index is 0.00000312. The highest BCUT2D eigenvalue weighted by Gasteiger charge is 2.11. The Kier molecular flexibility index (Phi) is 8.25. The van der Waals surface area contributed by atoms with Crippen molar-refractivity contribution in [3.05, 3.63) is 52.2 Å². The molecule has 2 rings (SSSR count). The number of aliphatic imine (C=N–C) groups is 1. The third-order valence-corrected chi connectivity index (χ3v) is 5.78. The van der Waals surface area contributed by atoms with Crippen LogP contribution in [-0.4, -0.2) is 21.4 Å². The van der Waals surface area contributed by atoms with E-state index < -0.39 is 10.0 Å². The molecule has 10 heteroatoms. The zero-order chi connectivity index (χ0) is 17.7. The predicted molar refractivity (Wildman–Crippen MR) is 109 cm³/mol. The van der Waals surface area contributed by atoms with E-state index in [9.17, 15) is 12.8 Å². The average Bonchev–Trinajstić information content (AvgIpc) is 3.00. The second-order valence-electron chi connectivity index (χ2n) is 5.13. The maximum Gasteiger partial charge on any atom is 0.247 e. The first-order valence-corrected chi connectivity index (χ1v) is 9.47. The fourth-order valence-electron chi connectivity index (χ4n) is 2.00. The average molecular weight is 498 g/mol. The standard InChI is InChI=1S/C15H19FN4O2S2.HI/c1-10-7-11(3-5-13(10)16)8-19-15(18-2)20-9-12-4-6-14(23-12)24(17,21)22;/h3-7H,8-9H2,1-2H3,(H2,17,21,22)(H2,18,19,20);1H. The Bertz CT molecular complexity index is 853. The summed E-state index contributed by atoms with van der Waals surface area (Å²) in [5.74, 6) is 0.326. The van der Waals surface area contributed by atoms with Gasteiger partial charge in [0.2, 0.25) is 10.0 Å². The van der Waals surface area contributed by atoms with Crippen LogP contribution < -0.4 is 15.8 Å². The Morgan fingerprint density at radius 3 is 2.48 bits per heavy atom. The molecule has 0 aliphatic heterocycles. The maximum absolute atomic E-state index is 13.3. The molecule has 138 valence electrons. The first kappa shape index (κ1) is 21.8. The second kappa shape index (κ2) is 9.46. The van der Waals surface area contributed by atoms with E-state index in [2.05, 4.69) is 15.6 Å². The number of guanidine groups is 1. The number of primary sulfonamides is 1. The highest BCUT2D eigenvalue weighted by Crippen LogP contribution is 2.19. The highest BCUT2D eigenvalue weighted by atomic mass is 127. The lowest BCUT2D eigenvalue weighted by atomic mass is 10.1. The summed E-state index contributed by atoms with van der Waals surface area (Å²) in [5, 5.41) is 11.3. The van der Waals surface area contributed by atoms with Crippen LogP contribution in [-0.2, 0) is 23.1 Å². The molecule has 0 unspecified atom stereocenters. The third-order valence-electron chi connectivity index (χ3n) is 3.25. The van der Waals surface area contributed by atoms with Gasteiger partial charge in [-0.2, -0.15) is 0 Å². The lowest BCUT2D eigenvalue weighted by Gasteiger charge is -2.11. The normalized spacial score (nSPS) is 11.8. The lowest BCUT2D eigenvalue weighted by molar-refractivity contribution is 0.600. The molecule has 0 aliphatic rings. The van der Waals surface area contributed by atoms with E-state index in [1.165, 1.54) is 12.1 Å². The van der Waals surface area contributed by atoms with Crippen molar-refractivity contribution in [2.75, 3.05) is 7.05 Å². The molecule has 4 N–H and O–H groups in total. The molecule has 0 atom stereocenters. The molecule has 1 heterocycles. The SMILES string of the molecule is CN=C(NCc1ccc(F)c(C)c1)NCc1ccc(S(N)(=O)=O)s1.I. The number of halogens is 2. The van der Waals surface area contributed by atoms with Crippen LogP contribution in [0.5, 0.6) is 0 Å². The van der Waals surface area contributed by atoms with Crippen LogP contribution in [0.3, 0.4) is 0 Å². The molecule has 0 bridgehead atoms. The minimum Gasteiger partial charge on any atom is -0.352 e. The first-order chi connectivity index (χ1) is 11.3. The molecule has 6 nitrogen and oxygen atoms in total. The molecule has 0 fully saturated rings. The molecule has 25 heavy (non-hydrogen) atoms. The lowest BCUT2D eigenvalue weighted by Crippen LogP contribution is -2.36. The van der Waals surface area contributed by atoms with E-state index in [-0.39, 0.29) is 34.0 Å². The molecule has 1 aromatic carbocycles. The number of benzene rings is 1. The van der Waals surface area contributed by atoms with E-state index in [1.54, 1.807) is 32.2 Å². The van der Waals surface area contributed by atoms with Gasteiger partial charge in [0.15, 0.2) is 5.96 Å². The van der Waals surface area contributed by atoms with Gasteiger partial charge in [-0.1, -0.05) is 12.1 Å². The van der Waals surface area contributed by atoms with Crippen molar-refractivity contribution in [1.29, 1.82) is 0 Å². The molecule has 0 amide bonds. The fourth-order valence-corrected chi connectivity index (χ4v) is 3.72. The van der Waals surface area contributed by atoms with Gasteiger partial charge in [-0.05, 0) is 36.2 Å². The van der Waals surface area contributed by atoms with Crippen molar-refractivity contribution in [3.63, 3.8) is 0 Å². The van der Waals surface area contributed by atoms with Crippen molar-refractivity contribution < 1.29 is 12.8 Å². The van der Waals surface area contributed by atoms with Gasteiger partial charge in [0.05, 0.1) is 6.54 Å². The summed E-state index contributed by atoms with van der Waals surface area (Å²) in [6.45, 7) is 2.63.